The van der Waals surface area contributed by atoms with E-state index in [0.717, 1.165) is 18.9 Å². The highest BCUT2D eigenvalue weighted by Crippen LogP contribution is 2.33. The fraction of sp³-hybridized carbons (Fsp3) is 0.571. The molecule has 0 radical (unpaired) electrons. The monoisotopic (exact) mass is 334 g/mol. The molecule has 1 aliphatic carbocycles. The first kappa shape index (κ1) is 16.7. The van der Waals surface area contributed by atoms with Crippen molar-refractivity contribution >= 4 is 21.6 Å². The zero-order valence-electron chi connectivity index (χ0n) is 12.2. The van der Waals surface area contributed by atoms with Crippen LogP contribution in [0.3, 0.4) is 0 Å². The minimum absolute atomic E-state index is 0.0222. The van der Waals surface area contributed by atoms with Gasteiger partial charge in [-0.3, -0.25) is 0 Å². The van der Waals surface area contributed by atoms with Gasteiger partial charge in [0.05, 0.1) is 9.92 Å². The van der Waals surface area contributed by atoms with E-state index in [1.165, 1.54) is 10.4 Å². The van der Waals surface area contributed by atoms with E-state index < -0.39 is 15.8 Å². The number of hydrogen-bond donors (Lipinski definition) is 1. The Balaban J connectivity index is 2.40. The van der Waals surface area contributed by atoms with E-state index >= 15 is 0 Å². The van der Waals surface area contributed by atoms with Gasteiger partial charge in [-0.05, 0) is 37.1 Å². The summed E-state index contributed by atoms with van der Waals surface area (Å²) >= 11 is 5.92. The molecule has 1 aromatic carbocycles. The van der Waals surface area contributed by atoms with Crippen LogP contribution in [-0.4, -0.2) is 31.9 Å². The van der Waals surface area contributed by atoms with Gasteiger partial charge >= 0.3 is 0 Å². The van der Waals surface area contributed by atoms with Crippen molar-refractivity contribution in [1.29, 1.82) is 0 Å². The number of hydrogen-bond acceptors (Lipinski definition) is 3. The first-order valence-corrected chi connectivity index (χ1v) is 8.94. The van der Waals surface area contributed by atoms with Crippen LogP contribution in [0.5, 0.6) is 0 Å². The number of nitrogens with zero attached hydrogens (tertiary/aromatic N) is 1. The third kappa shape index (κ3) is 3.56. The molecule has 2 rings (SSSR count). The average molecular weight is 335 g/mol. The molecule has 1 saturated carbocycles. The highest BCUT2D eigenvalue weighted by Gasteiger charge is 2.37. The molecule has 1 N–H and O–H groups in total. The molecule has 1 fully saturated rings. The van der Waals surface area contributed by atoms with Crippen molar-refractivity contribution < 1.29 is 12.8 Å². The van der Waals surface area contributed by atoms with Gasteiger partial charge in [-0.1, -0.05) is 25.4 Å². The summed E-state index contributed by atoms with van der Waals surface area (Å²) in [7, 11) is -3.67. The molecule has 0 aromatic heterocycles. The van der Waals surface area contributed by atoms with Crippen LogP contribution in [0.2, 0.25) is 5.02 Å². The topological polar surface area (TPSA) is 49.4 Å². The van der Waals surface area contributed by atoms with Gasteiger partial charge in [-0.25, -0.2) is 12.8 Å². The molecule has 0 unspecified atom stereocenters. The number of benzene rings is 1. The second-order valence-corrected chi connectivity index (χ2v) is 7.37. The molecule has 0 bridgehead atoms. The lowest BCUT2D eigenvalue weighted by atomic mass is 10.2. The van der Waals surface area contributed by atoms with Crippen LogP contribution in [-0.2, 0) is 16.6 Å². The number of halogens is 2. The zero-order valence-corrected chi connectivity index (χ0v) is 13.8. The average Bonchev–Trinajstić information content (AvgIpc) is 3.25. The van der Waals surface area contributed by atoms with Crippen LogP contribution >= 0.6 is 11.6 Å². The first-order valence-electron chi connectivity index (χ1n) is 7.12. The van der Waals surface area contributed by atoms with E-state index in [2.05, 4.69) is 5.32 Å². The Morgan fingerprint density at radius 1 is 1.38 bits per heavy atom. The Hall–Kier alpha value is -0.690. The fourth-order valence-electron chi connectivity index (χ4n) is 2.28. The van der Waals surface area contributed by atoms with Crippen LogP contribution in [0, 0.1) is 5.82 Å². The standard InChI is InChI=1S/C14H20ClFN2O2S/c1-3-17-9-10-7-12(8-13(16)14(10)15)21(19,20)18(4-2)11-5-6-11/h7-8,11,17H,3-6,9H2,1-2H3. The first-order chi connectivity index (χ1) is 9.91. The largest absolute Gasteiger partial charge is 0.313 e. The molecule has 4 nitrogen and oxygen atoms in total. The van der Waals surface area contributed by atoms with Crippen molar-refractivity contribution in [2.45, 2.75) is 44.2 Å². The molecular formula is C14H20ClFN2O2S. The Morgan fingerprint density at radius 3 is 2.57 bits per heavy atom. The predicted octanol–water partition coefficient (Wildman–Crippen LogP) is 2.76. The molecule has 7 heteroatoms. The SMILES string of the molecule is CCNCc1cc(S(=O)(=O)N(CC)C2CC2)cc(F)c1Cl. The van der Waals surface area contributed by atoms with E-state index in [1.54, 1.807) is 6.92 Å². The summed E-state index contributed by atoms with van der Waals surface area (Å²) in [6.45, 7) is 5.13. The van der Waals surface area contributed by atoms with Crippen molar-refractivity contribution in [3.63, 3.8) is 0 Å². The number of rotatable bonds is 7. The summed E-state index contributed by atoms with van der Waals surface area (Å²) in [5.41, 5.74) is 0.462. The van der Waals surface area contributed by atoms with Gasteiger partial charge in [-0.2, -0.15) is 4.31 Å². The Morgan fingerprint density at radius 2 is 2.05 bits per heavy atom. The second-order valence-electron chi connectivity index (χ2n) is 5.10. The highest BCUT2D eigenvalue weighted by molar-refractivity contribution is 7.89. The molecule has 0 saturated heterocycles. The lowest BCUT2D eigenvalue weighted by Crippen LogP contribution is -2.33. The van der Waals surface area contributed by atoms with Crippen molar-refractivity contribution in [2.24, 2.45) is 0 Å². The summed E-state index contributed by atoms with van der Waals surface area (Å²) in [6, 6.07) is 2.53. The molecule has 0 atom stereocenters. The molecule has 1 aromatic rings. The number of nitrogens with one attached hydrogen (secondary N) is 1. The summed E-state index contributed by atoms with van der Waals surface area (Å²) in [6.07, 6.45) is 1.74. The third-order valence-electron chi connectivity index (χ3n) is 3.51. The summed E-state index contributed by atoms with van der Waals surface area (Å²) in [4.78, 5) is -0.0222. The molecule has 1 aliphatic rings. The molecule has 0 spiro atoms. The summed E-state index contributed by atoms with van der Waals surface area (Å²) < 4.78 is 40.6. The second kappa shape index (κ2) is 6.60. The Labute approximate surface area is 130 Å². The molecule has 118 valence electrons. The molecular weight excluding hydrogens is 315 g/mol. The van der Waals surface area contributed by atoms with Crippen LogP contribution < -0.4 is 5.32 Å². The van der Waals surface area contributed by atoms with Crippen molar-refractivity contribution in [1.82, 2.24) is 9.62 Å². The highest BCUT2D eigenvalue weighted by atomic mass is 35.5. The summed E-state index contributed by atoms with van der Waals surface area (Å²) in [5.74, 6) is -0.697. The van der Waals surface area contributed by atoms with Gasteiger partial charge in [-0.15, -0.1) is 0 Å². The van der Waals surface area contributed by atoms with Crippen LogP contribution in [0.4, 0.5) is 4.39 Å². The minimum atomic E-state index is -3.67. The molecule has 0 aliphatic heterocycles. The smallest absolute Gasteiger partial charge is 0.243 e. The predicted molar refractivity (Wildman–Crippen MR) is 81.4 cm³/mol. The zero-order chi connectivity index (χ0) is 15.6. The molecule has 0 amide bonds. The molecule has 21 heavy (non-hydrogen) atoms. The van der Waals surface area contributed by atoms with Crippen molar-refractivity contribution in [3.05, 3.63) is 28.5 Å². The quantitative estimate of drug-likeness (QED) is 0.834. The van der Waals surface area contributed by atoms with E-state index in [-0.39, 0.29) is 16.0 Å². The lowest BCUT2D eigenvalue weighted by molar-refractivity contribution is 0.420. The normalized spacial score (nSPS) is 15.7. The van der Waals surface area contributed by atoms with Crippen LogP contribution in [0.15, 0.2) is 17.0 Å². The fourth-order valence-corrected chi connectivity index (χ4v) is 4.21. The molecule has 0 heterocycles. The van der Waals surface area contributed by atoms with Gasteiger partial charge < -0.3 is 5.32 Å². The van der Waals surface area contributed by atoms with Crippen molar-refractivity contribution in [2.75, 3.05) is 13.1 Å². The Bertz CT molecular complexity index is 618. The minimum Gasteiger partial charge on any atom is -0.313 e. The maximum Gasteiger partial charge on any atom is 0.243 e. The number of sulfonamides is 1. The van der Waals surface area contributed by atoms with Gasteiger partial charge in [0.15, 0.2) is 0 Å². The maximum absolute atomic E-state index is 13.9. The van der Waals surface area contributed by atoms with E-state index in [9.17, 15) is 12.8 Å². The van der Waals surface area contributed by atoms with Gasteiger partial charge in [0.25, 0.3) is 0 Å². The van der Waals surface area contributed by atoms with Gasteiger partial charge in [0.1, 0.15) is 5.82 Å². The lowest BCUT2D eigenvalue weighted by Gasteiger charge is -2.20. The van der Waals surface area contributed by atoms with Crippen molar-refractivity contribution in [3.8, 4) is 0 Å². The van der Waals surface area contributed by atoms with E-state index in [1.807, 2.05) is 6.92 Å². The van der Waals surface area contributed by atoms with E-state index in [0.29, 0.717) is 25.2 Å². The third-order valence-corrected chi connectivity index (χ3v) is 5.94. The van der Waals surface area contributed by atoms with Gasteiger partial charge in [0, 0.05) is 19.1 Å². The van der Waals surface area contributed by atoms with Gasteiger partial charge in [0.2, 0.25) is 10.0 Å². The van der Waals surface area contributed by atoms with Crippen LogP contribution in [0.25, 0.3) is 0 Å². The maximum atomic E-state index is 13.9. The summed E-state index contributed by atoms with van der Waals surface area (Å²) in [5, 5.41) is 3.01. The van der Waals surface area contributed by atoms with E-state index in [4.69, 9.17) is 11.6 Å². The van der Waals surface area contributed by atoms with Crippen LogP contribution in [0.1, 0.15) is 32.3 Å². The Kier molecular flexibility index (Phi) is 5.24.